The monoisotopic (exact) mass is 488 g/mol. The number of hydrogen-bond donors (Lipinski definition) is 0. The Kier molecular flexibility index (Phi) is 9.27. The number of unbranched alkanes of at least 4 members (excludes halogenated alkanes) is 1. The highest BCUT2D eigenvalue weighted by molar-refractivity contribution is 6.74. The molecule has 0 aromatic carbocycles. The van der Waals surface area contributed by atoms with Crippen LogP contribution in [0.15, 0.2) is 23.5 Å². The highest BCUT2D eigenvalue weighted by atomic mass is 28.4. The van der Waals surface area contributed by atoms with Crippen LogP contribution in [-0.2, 0) is 18.8 Å². The average Bonchev–Trinajstić information content (AvgIpc) is 3.34. The second-order valence-corrected chi connectivity index (χ2v) is 17.2. The number of methoxy groups -OCH3 is 1. The quantitative estimate of drug-likeness (QED) is 0.109. The summed E-state index contributed by atoms with van der Waals surface area (Å²) in [6.45, 7) is 11.6. The largest absolute Gasteiger partial charge is 0.547 e. The molecule has 0 radical (unpaired) electrons. The van der Waals surface area contributed by atoms with Crippen LogP contribution in [0.1, 0.15) is 97.8 Å². The molecule has 2 unspecified atom stereocenters. The van der Waals surface area contributed by atoms with Gasteiger partial charge < -0.3 is 9.16 Å². The van der Waals surface area contributed by atoms with E-state index >= 15 is 0 Å². The highest BCUT2D eigenvalue weighted by Gasteiger charge is 2.49. The average molecular weight is 489 g/mol. The van der Waals surface area contributed by atoms with Gasteiger partial charge in [-0.15, -0.1) is 0 Å². The molecule has 0 N–H and O–H groups in total. The lowest BCUT2D eigenvalue weighted by Crippen LogP contribution is -2.41. The van der Waals surface area contributed by atoms with Crippen molar-refractivity contribution in [3.8, 4) is 0 Å². The number of Topliss-reactive ketones (excluding diaryl/α,β-unsaturated/α-hetero) is 1. The van der Waals surface area contributed by atoms with Crippen LogP contribution in [0.25, 0.3) is 0 Å². The van der Waals surface area contributed by atoms with Gasteiger partial charge in [-0.25, -0.2) is 0 Å². The van der Waals surface area contributed by atoms with Crippen molar-refractivity contribution in [1.29, 1.82) is 0 Å². The number of hydrogen-bond acceptors (Lipinski definition) is 4. The number of carbonyl (C=O) groups is 2. The first-order valence-corrected chi connectivity index (χ1v) is 16.6. The minimum atomic E-state index is -1.95. The smallest absolute Gasteiger partial charge is 0.305 e. The minimum absolute atomic E-state index is 0.151. The molecule has 3 aliphatic rings. The van der Waals surface area contributed by atoms with Gasteiger partial charge in [0.2, 0.25) is 8.32 Å². The van der Waals surface area contributed by atoms with Gasteiger partial charge in [0, 0.05) is 18.3 Å². The normalized spacial score (nSPS) is 27.8. The Bertz CT molecular complexity index is 782. The number of allylic oxidation sites excluding steroid dienone is 4. The Morgan fingerprint density at radius 2 is 1.79 bits per heavy atom. The molecule has 4 nitrogen and oxygen atoms in total. The molecule has 0 bridgehead atoms. The number of ketones is 1. The summed E-state index contributed by atoms with van der Waals surface area (Å²) in [4.78, 5) is 24.6. The van der Waals surface area contributed by atoms with Gasteiger partial charge in [0.15, 0.2) is 5.78 Å². The molecule has 0 aromatic rings. The molecule has 5 heteroatoms. The number of carbonyl (C=O) groups excluding carboxylic acids is 2. The lowest BCUT2D eigenvalue weighted by atomic mass is 9.85. The Hall–Kier alpha value is -1.36. The summed E-state index contributed by atoms with van der Waals surface area (Å²) < 4.78 is 11.7. The third kappa shape index (κ3) is 6.64. The zero-order valence-corrected chi connectivity index (χ0v) is 23.6. The molecular formula is C29H48O4Si. The molecule has 0 saturated heterocycles. The maximum atomic E-state index is 13.2. The maximum absolute atomic E-state index is 13.2. The third-order valence-electron chi connectivity index (χ3n) is 9.06. The zero-order chi connectivity index (χ0) is 24.9. The van der Waals surface area contributed by atoms with Crippen LogP contribution < -0.4 is 0 Å². The SMILES string of the molecule is COC(=O)CCC/C=C1\CC2C(CC[C@H]2/C(=C\CC2CCCCC2)O[Si](C)(C)C(C)(C)C)C1=O. The predicted octanol–water partition coefficient (Wildman–Crippen LogP) is 7.75. The van der Waals surface area contributed by atoms with E-state index in [9.17, 15) is 9.59 Å². The van der Waals surface area contributed by atoms with Crippen molar-refractivity contribution in [1.82, 2.24) is 0 Å². The number of rotatable bonds is 9. The summed E-state index contributed by atoms with van der Waals surface area (Å²) in [5, 5.41) is 0.158. The van der Waals surface area contributed by atoms with Crippen LogP contribution >= 0.6 is 0 Å². The Balaban J connectivity index is 1.74. The fourth-order valence-electron chi connectivity index (χ4n) is 5.85. The van der Waals surface area contributed by atoms with E-state index in [0.717, 1.165) is 50.0 Å². The van der Waals surface area contributed by atoms with Crippen LogP contribution in [0.5, 0.6) is 0 Å². The van der Waals surface area contributed by atoms with Crippen molar-refractivity contribution in [2.45, 2.75) is 116 Å². The maximum Gasteiger partial charge on any atom is 0.305 e. The molecule has 3 fully saturated rings. The topological polar surface area (TPSA) is 52.6 Å². The van der Waals surface area contributed by atoms with Crippen LogP contribution in [-0.4, -0.2) is 27.2 Å². The summed E-state index contributed by atoms with van der Waals surface area (Å²) in [5.41, 5.74) is 0.989. The summed E-state index contributed by atoms with van der Waals surface area (Å²) in [7, 11) is -0.528. The van der Waals surface area contributed by atoms with Crippen molar-refractivity contribution in [3.63, 3.8) is 0 Å². The van der Waals surface area contributed by atoms with Gasteiger partial charge in [-0.05, 0) is 80.1 Å². The minimum Gasteiger partial charge on any atom is -0.547 e. The number of ether oxygens (including phenoxy) is 1. The molecule has 3 aliphatic carbocycles. The molecule has 0 aromatic heterocycles. The molecule has 3 atom stereocenters. The Morgan fingerprint density at radius 1 is 1.09 bits per heavy atom. The second kappa shape index (κ2) is 11.6. The summed E-state index contributed by atoms with van der Waals surface area (Å²) >= 11 is 0. The molecule has 0 amide bonds. The fourth-order valence-corrected chi connectivity index (χ4v) is 6.98. The van der Waals surface area contributed by atoms with E-state index in [0.29, 0.717) is 24.0 Å². The second-order valence-electron chi connectivity index (χ2n) is 12.4. The van der Waals surface area contributed by atoms with E-state index in [1.165, 1.54) is 45.0 Å². The first-order chi connectivity index (χ1) is 16.0. The first kappa shape index (κ1) is 27.2. The van der Waals surface area contributed by atoms with Gasteiger partial charge >= 0.3 is 5.97 Å². The van der Waals surface area contributed by atoms with E-state index in [-0.39, 0.29) is 16.9 Å². The van der Waals surface area contributed by atoms with E-state index < -0.39 is 8.32 Å². The van der Waals surface area contributed by atoms with Gasteiger partial charge in [0.1, 0.15) is 0 Å². The predicted molar refractivity (Wildman–Crippen MR) is 141 cm³/mol. The first-order valence-electron chi connectivity index (χ1n) is 13.7. The number of esters is 1. The van der Waals surface area contributed by atoms with Crippen LogP contribution in [0.3, 0.4) is 0 Å². The molecule has 3 rings (SSSR count). The fraction of sp³-hybridized carbons (Fsp3) is 0.793. The Morgan fingerprint density at radius 3 is 2.44 bits per heavy atom. The molecule has 0 heterocycles. The van der Waals surface area contributed by atoms with Crippen molar-refractivity contribution in [2.75, 3.05) is 7.11 Å². The van der Waals surface area contributed by atoms with Gasteiger partial charge in [-0.2, -0.15) is 0 Å². The van der Waals surface area contributed by atoms with E-state index in [4.69, 9.17) is 9.16 Å². The number of fused-ring (bicyclic) bond motifs is 1. The van der Waals surface area contributed by atoms with Gasteiger partial charge in [0.05, 0.1) is 12.9 Å². The molecule has 0 aliphatic heterocycles. The third-order valence-corrected chi connectivity index (χ3v) is 13.4. The summed E-state index contributed by atoms with van der Waals surface area (Å²) in [5.74, 6) is 3.07. The summed E-state index contributed by atoms with van der Waals surface area (Å²) in [6, 6.07) is 0. The van der Waals surface area contributed by atoms with Gasteiger partial charge in [-0.1, -0.05) is 59.0 Å². The summed E-state index contributed by atoms with van der Waals surface area (Å²) in [6.07, 6.45) is 17.3. The zero-order valence-electron chi connectivity index (χ0n) is 22.6. The van der Waals surface area contributed by atoms with E-state index in [1.807, 2.05) is 0 Å². The van der Waals surface area contributed by atoms with Crippen molar-refractivity contribution < 1.29 is 18.8 Å². The lowest BCUT2D eigenvalue weighted by Gasteiger charge is -2.39. The van der Waals surface area contributed by atoms with Crippen LogP contribution in [0.4, 0.5) is 0 Å². The Labute approximate surface area is 209 Å². The standard InChI is InChI=1S/C29H48O4Si/c1-29(2,3)34(5,6)33-26(19-16-21-12-8-7-9-13-21)23-17-18-24-25(23)20-22(28(24)31)14-10-11-15-27(30)32-4/h14,19,21,23-25H,7-13,15-18,20H2,1-6H3/b22-14+,26-19+/t23-,24?,25?/m1/s1. The van der Waals surface area contributed by atoms with Crippen LogP contribution in [0.2, 0.25) is 18.1 Å². The lowest BCUT2D eigenvalue weighted by molar-refractivity contribution is -0.140. The molecule has 3 saturated carbocycles. The molecule has 0 spiro atoms. The van der Waals surface area contributed by atoms with E-state index in [1.54, 1.807) is 0 Å². The highest BCUT2D eigenvalue weighted by Crippen LogP contribution is 2.52. The van der Waals surface area contributed by atoms with Crippen molar-refractivity contribution in [3.05, 3.63) is 23.5 Å². The van der Waals surface area contributed by atoms with Gasteiger partial charge in [0.25, 0.3) is 0 Å². The van der Waals surface area contributed by atoms with E-state index in [2.05, 4.69) is 46.0 Å². The molecule has 192 valence electrons. The van der Waals surface area contributed by atoms with Crippen LogP contribution in [0, 0.1) is 23.7 Å². The van der Waals surface area contributed by atoms with Crippen molar-refractivity contribution in [2.24, 2.45) is 23.7 Å². The molecular weight excluding hydrogens is 440 g/mol. The van der Waals surface area contributed by atoms with Gasteiger partial charge in [-0.3, -0.25) is 9.59 Å². The molecule has 34 heavy (non-hydrogen) atoms. The van der Waals surface area contributed by atoms with Crippen molar-refractivity contribution >= 4 is 20.1 Å².